The van der Waals surface area contributed by atoms with Crippen molar-refractivity contribution in [2.45, 2.75) is 19.9 Å². The largest absolute Gasteiger partial charge is 0.493 e. The highest BCUT2D eigenvalue weighted by Crippen LogP contribution is 2.30. The van der Waals surface area contributed by atoms with Gasteiger partial charge in [-0.25, -0.2) is 0 Å². The summed E-state index contributed by atoms with van der Waals surface area (Å²) < 4.78 is 10.9. The summed E-state index contributed by atoms with van der Waals surface area (Å²) in [7, 11) is 3.28. The Morgan fingerprint density at radius 3 is 2.69 bits per heavy atom. The first-order chi connectivity index (χ1) is 14.1. The molecule has 1 aliphatic rings. The van der Waals surface area contributed by atoms with Gasteiger partial charge < -0.3 is 25.0 Å². The van der Waals surface area contributed by atoms with Crippen LogP contribution in [0.1, 0.15) is 18.1 Å². The average molecular weight is 396 g/mol. The SMILES string of the molecule is CCOc1cc(NC(=NC)NCC(=O)N2CCc3ccccc3C2)ccc1OC. The van der Waals surface area contributed by atoms with Gasteiger partial charge in [0.25, 0.3) is 0 Å². The number of anilines is 1. The van der Waals surface area contributed by atoms with Crippen LogP contribution in [-0.4, -0.2) is 50.6 Å². The lowest BCUT2D eigenvalue weighted by Gasteiger charge is -2.29. The maximum absolute atomic E-state index is 12.6. The highest BCUT2D eigenvalue weighted by atomic mass is 16.5. The zero-order valence-electron chi connectivity index (χ0n) is 17.2. The smallest absolute Gasteiger partial charge is 0.242 e. The summed E-state index contributed by atoms with van der Waals surface area (Å²) in [4.78, 5) is 18.7. The average Bonchev–Trinajstić information content (AvgIpc) is 2.76. The van der Waals surface area contributed by atoms with Crippen molar-refractivity contribution >= 4 is 17.6 Å². The third kappa shape index (κ3) is 5.19. The van der Waals surface area contributed by atoms with E-state index in [2.05, 4.69) is 27.8 Å². The van der Waals surface area contributed by atoms with Crippen molar-refractivity contribution < 1.29 is 14.3 Å². The van der Waals surface area contributed by atoms with E-state index in [-0.39, 0.29) is 12.5 Å². The molecule has 0 bridgehead atoms. The molecule has 0 saturated carbocycles. The number of ether oxygens (including phenoxy) is 2. The Hall–Kier alpha value is -3.22. The number of aliphatic imine (C=N–C) groups is 1. The van der Waals surface area contributed by atoms with Gasteiger partial charge in [-0.2, -0.15) is 0 Å². The molecule has 1 heterocycles. The first kappa shape index (κ1) is 20.5. The first-order valence-corrected chi connectivity index (χ1v) is 9.77. The van der Waals surface area contributed by atoms with Crippen molar-refractivity contribution in [3.05, 3.63) is 53.6 Å². The van der Waals surface area contributed by atoms with Crippen molar-refractivity contribution in [3.8, 4) is 11.5 Å². The van der Waals surface area contributed by atoms with Crippen LogP contribution in [0.3, 0.4) is 0 Å². The van der Waals surface area contributed by atoms with E-state index in [1.54, 1.807) is 14.2 Å². The van der Waals surface area contributed by atoms with E-state index < -0.39 is 0 Å². The van der Waals surface area contributed by atoms with Crippen molar-refractivity contribution in [2.75, 3.05) is 39.2 Å². The topological polar surface area (TPSA) is 75.2 Å². The van der Waals surface area contributed by atoms with Gasteiger partial charge >= 0.3 is 0 Å². The Labute approximate surface area is 171 Å². The molecule has 7 nitrogen and oxygen atoms in total. The molecule has 0 aliphatic carbocycles. The monoisotopic (exact) mass is 396 g/mol. The second kappa shape index (κ2) is 9.82. The Morgan fingerprint density at radius 2 is 1.97 bits per heavy atom. The summed E-state index contributed by atoms with van der Waals surface area (Å²) in [6.45, 7) is 4.03. The van der Waals surface area contributed by atoms with Crippen molar-refractivity contribution in [3.63, 3.8) is 0 Å². The number of carbonyl (C=O) groups is 1. The van der Waals surface area contributed by atoms with Gasteiger partial charge in [0, 0.05) is 31.9 Å². The number of nitrogens with one attached hydrogen (secondary N) is 2. The van der Waals surface area contributed by atoms with E-state index in [4.69, 9.17) is 9.47 Å². The summed E-state index contributed by atoms with van der Waals surface area (Å²) >= 11 is 0. The van der Waals surface area contributed by atoms with Gasteiger partial charge in [0.2, 0.25) is 5.91 Å². The quantitative estimate of drug-likeness (QED) is 0.580. The molecule has 0 unspecified atom stereocenters. The van der Waals surface area contributed by atoms with Crippen LogP contribution in [0.2, 0.25) is 0 Å². The summed E-state index contributed by atoms with van der Waals surface area (Å²) in [6.07, 6.45) is 0.890. The molecule has 1 aliphatic heterocycles. The molecule has 7 heteroatoms. The highest BCUT2D eigenvalue weighted by molar-refractivity contribution is 5.96. The zero-order valence-corrected chi connectivity index (χ0v) is 17.2. The molecule has 0 spiro atoms. The third-order valence-corrected chi connectivity index (χ3v) is 4.84. The predicted molar refractivity (Wildman–Crippen MR) is 115 cm³/mol. The molecule has 0 radical (unpaired) electrons. The minimum Gasteiger partial charge on any atom is -0.493 e. The van der Waals surface area contributed by atoms with Crippen molar-refractivity contribution in [2.24, 2.45) is 4.99 Å². The number of guanidine groups is 1. The standard InChI is InChI=1S/C22H28N4O3/c1-4-29-20-13-18(9-10-19(20)28-3)25-22(23-2)24-14-21(27)26-12-11-16-7-5-6-8-17(16)15-26/h5-10,13H,4,11-12,14-15H2,1-3H3,(H2,23,24,25). The molecule has 0 fully saturated rings. The first-order valence-electron chi connectivity index (χ1n) is 9.77. The molecule has 0 aromatic heterocycles. The van der Waals surface area contributed by atoms with Crippen LogP contribution in [0.15, 0.2) is 47.5 Å². The molecular weight excluding hydrogens is 368 g/mol. The Kier molecular flexibility index (Phi) is 6.94. The summed E-state index contributed by atoms with van der Waals surface area (Å²) in [6, 6.07) is 13.8. The lowest BCUT2D eigenvalue weighted by Crippen LogP contribution is -2.44. The molecule has 0 saturated heterocycles. The zero-order chi connectivity index (χ0) is 20.6. The third-order valence-electron chi connectivity index (χ3n) is 4.84. The van der Waals surface area contributed by atoms with Gasteiger partial charge in [0.1, 0.15) is 0 Å². The molecule has 3 rings (SSSR count). The Balaban J connectivity index is 1.57. The number of fused-ring (bicyclic) bond motifs is 1. The van der Waals surface area contributed by atoms with Gasteiger partial charge in [-0.3, -0.25) is 9.79 Å². The number of benzene rings is 2. The van der Waals surface area contributed by atoms with Crippen LogP contribution in [0, 0.1) is 0 Å². The Morgan fingerprint density at radius 1 is 1.17 bits per heavy atom. The molecule has 1 amide bonds. The van der Waals surface area contributed by atoms with Crippen LogP contribution < -0.4 is 20.1 Å². The normalized spacial score (nSPS) is 13.5. The number of methoxy groups -OCH3 is 1. The Bertz CT molecular complexity index is 882. The number of carbonyl (C=O) groups excluding carboxylic acids is 1. The lowest BCUT2D eigenvalue weighted by molar-refractivity contribution is -0.130. The van der Waals surface area contributed by atoms with Gasteiger partial charge in [-0.15, -0.1) is 0 Å². The van der Waals surface area contributed by atoms with E-state index in [9.17, 15) is 4.79 Å². The number of hydrogen-bond donors (Lipinski definition) is 2. The maximum atomic E-state index is 12.6. The minimum atomic E-state index is 0.0483. The molecule has 2 aromatic carbocycles. The van der Waals surface area contributed by atoms with E-state index in [1.165, 1.54) is 11.1 Å². The second-order valence-corrected chi connectivity index (χ2v) is 6.68. The van der Waals surface area contributed by atoms with Crippen LogP contribution >= 0.6 is 0 Å². The second-order valence-electron chi connectivity index (χ2n) is 6.68. The number of rotatable bonds is 6. The maximum Gasteiger partial charge on any atom is 0.242 e. The molecule has 0 atom stereocenters. The molecular formula is C22H28N4O3. The van der Waals surface area contributed by atoms with Crippen molar-refractivity contribution in [1.82, 2.24) is 10.2 Å². The molecule has 154 valence electrons. The molecule has 29 heavy (non-hydrogen) atoms. The summed E-state index contributed by atoms with van der Waals surface area (Å²) in [5, 5.41) is 6.28. The number of nitrogens with zero attached hydrogens (tertiary/aromatic N) is 2. The molecule has 2 N–H and O–H groups in total. The predicted octanol–water partition coefficient (Wildman–Crippen LogP) is 2.67. The van der Waals surface area contributed by atoms with Crippen LogP contribution in [0.4, 0.5) is 5.69 Å². The van der Waals surface area contributed by atoms with Gasteiger partial charge in [0.15, 0.2) is 17.5 Å². The summed E-state index contributed by atoms with van der Waals surface area (Å²) in [5.41, 5.74) is 3.34. The number of amides is 1. The van der Waals surface area contributed by atoms with E-state index in [0.717, 1.165) is 18.7 Å². The summed E-state index contributed by atoms with van der Waals surface area (Å²) in [5.74, 6) is 1.88. The fraction of sp³-hybridized carbons (Fsp3) is 0.364. The van der Waals surface area contributed by atoms with Crippen LogP contribution in [0.5, 0.6) is 11.5 Å². The lowest BCUT2D eigenvalue weighted by atomic mass is 10.00. The van der Waals surface area contributed by atoms with E-state index in [1.807, 2.05) is 42.2 Å². The van der Waals surface area contributed by atoms with Crippen LogP contribution in [0.25, 0.3) is 0 Å². The fourth-order valence-electron chi connectivity index (χ4n) is 3.32. The van der Waals surface area contributed by atoms with Gasteiger partial charge in [-0.05, 0) is 36.6 Å². The van der Waals surface area contributed by atoms with Gasteiger partial charge in [0.05, 0.1) is 20.3 Å². The number of hydrogen-bond acceptors (Lipinski definition) is 4. The fourth-order valence-corrected chi connectivity index (χ4v) is 3.32. The minimum absolute atomic E-state index is 0.0483. The van der Waals surface area contributed by atoms with Crippen molar-refractivity contribution in [1.29, 1.82) is 0 Å². The molecule has 2 aromatic rings. The van der Waals surface area contributed by atoms with E-state index in [0.29, 0.717) is 30.6 Å². The van der Waals surface area contributed by atoms with Crippen LogP contribution in [-0.2, 0) is 17.8 Å². The highest BCUT2D eigenvalue weighted by Gasteiger charge is 2.20. The van der Waals surface area contributed by atoms with Gasteiger partial charge in [-0.1, -0.05) is 24.3 Å². The van der Waals surface area contributed by atoms with E-state index >= 15 is 0 Å².